The standard InChI is InChI=1S/C25H40O3Si/c1-20(2)10-9-11-21(3)18-19-27-24(26)17-14-22-12-15-23(16-13-22)28-29(7,8)25(4,5)6/h10,12-13,15-16,18H,9,11,14,17,19H2,1-8H3/b21-18+. The summed E-state index contributed by atoms with van der Waals surface area (Å²) in [6.07, 6.45) is 7.35. The zero-order valence-electron chi connectivity index (χ0n) is 19.7. The Bertz CT molecular complexity index is 703. The Labute approximate surface area is 179 Å². The lowest BCUT2D eigenvalue weighted by Gasteiger charge is -2.36. The zero-order chi connectivity index (χ0) is 22.1. The molecule has 0 aliphatic rings. The summed E-state index contributed by atoms with van der Waals surface area (Å²) in [6.45, 7) is 17.9. The summed E-state index contributed by atoms with van der Waals surface area (Å²) in [6, 6.07) is 8.12. The summed E-state index contributed by atoms with van der Waals surface area (Å²) in [4.78, 5) is 12.0. The maximum Gasteiger partial charge on any atom is 0.306 e. The number of allylic oxidation sites excluding steroid dienone is 3. The number of ether oxygens (including phenoxy) is 1. The Hall–Kier alpha value is -1.81. The summed E-state index contributed by atoms with van der Waals surface area (Å²) < 4.78 is 11.6. The molecule has 1 aromatic carbocycles. The molecule has 0 radical (unpaired) electrons. The van der Waals surface area contributed by atoms with E-state index in [4.69, 9.17) is 9.16 Å². The van der Waals surface area contributed by atoms with Gasteiger partial charge in [-0.25, -0.2) is 0 Å². The van der Waals surface area contributed by atoms with Crippen LogP contribution in [0.5, 0.6) is 5.75 Å². The lowest BCUT2D eigenvalue weighted by atomic mass is 10.1. The largest absolute Gasteiger partial charge is 0.544 e. The highest BCUT2D eigenvalue weighted by molar-refractivity contribution is 6.74. The van der Waals surface area contributed by atoms with Gasteiger partial charge in [0.05, 0.1) is 0 Å². The number of hydrogen-bond acceptors (Lipinski definition) is 3. The number of carbonyl (C=O) groups excluding carboxylic acids is 1. The van der Waals surface area contributed by atoms with Crippen LogP contribution in [-0.4, -0.2) is 20.9 Å². The first-order valence-corrected chi connectivity index (χ1v) is 13.5. The van der Waals surface area contributed by atoms with Crippen LogP contribution < -0.4 is 4.43 Å². The third-order valence-electron chi connectivity index (χ3n) is 5.49. The van der Waals surface area contributed by atoms with E-state index in [0.717, 1.165) is 24.2 Å². The van der Waals surface area contributed by atoms with Gasteiger partial charge < -0.3 is 9.16 Å². The van der Waals surface area contributed by atoms with Crippen LogP contribution in [-0.2, 0) is 16.0 Å². The van der Waals surface area contributed by atoms with Crippen LogP contribution in [0.2, 0.25) is 18.1 Å². The first-order chi connectivity index (χ1) is 13.4. The predicted molar refractivity (Wildman–Crippen MR) is 126 cm³/mol. The number of aryl methyl sites for hydroxylation is 1. The molecule has 0 bridgehead atoms. The molecule has 0 aliphatic carbocycles. The van der Waals surface area contributed by atoms with Crippen LogP contribution in [0.1, 0.15) is 66.4 Å². The van der Waals surface area contributed by atoms with Crippen molar-refractivity contribution in [2.75, 3.05) is 6.61 Å². The van der Waals surface area contributed by atoms with Gasteiger partial charge in [0.2, 0.25) is 8.32 Å². The van der Waals surface area contributed by atoms with Crippen molar-refractivity contribution >= 4 is 14.3 Å². The molecule has 4 heteroatoms. The van der Waals surface area contributed by atoms with E-state index in [-0.39, 0.29) is 11.0 Å². The van der Waals surface area contributed by atoms with Gasteiger partial charge in [0.25, 0.3) is 0 Å². The molecule has 0 saturated carbocycles. The molecule has 0 unspecified atom stereocenters. The minimum atomic E-state index is -1.82. The second-order valence-electron chi connectivity index (χ2n) is 9.56. The van der Waals surface area contributed by atoms with Gasteiger partial charge in [-0.05, 0) is 81.9 Å². The van der Waals surface area contributed by atoms with E-state index in [1.807, 2.05) is 30.3 Å². The number of esters is 1. The second-order valence-corrected chi connectivity index (χ2v) is 14.3. The maximum absolute atomic E-state index is 12.0. The molecule has 1 rings (SSSR count). The molecule has 0 N–H and O–H groups in total. The van der Waals surface area contributed by atoms with E-state index in [0.29, 0.717) is 19.4 Å². The lowest BCUT2D eigenvalue weighted by molar-refractivity contribution is -0.142. The van der Waals surface area contributed by atoms with E-state index in [1.54, 1.807) is 0 Å². The van der Waals surface area contributed by atoms with E-state index in [2.05, 4.69) is 60.7 Å². The maximum atomic E-state index is 12.0. The van der Waals surface area contributed by atoms with Crippen LogP contribution in [0, 0.1) is 0 Å². The summed E-state index contributed by atoms with van der Waals surface area (Å²) in [5.74, 6) is 0.761. The number of rotatable bonds is 10. The molecule has 0 saturated heterocycles. The third kappa shape index (κ3) is 9.98. The van der Waals surface area contributed by atoms with Crippen molar-refractivity contribution < 1.29 is 14.0 Å². The molecule has 0 heterocycles. The van der Waals surface area contributed by atoms with Gasteiger partial charge in [0.1, 0.15) is 12.4 Å². The van der Waals surface area contributed by atoms with Crippen molar-refractivity contribution in [1.82, 2.24) is 0 Å². The highest BCUT2D eigenvalue weighted by Gasteiger charge is 2.38. The summed E-state index contributed by atoms with van der Waals surface area (Å²) in [5.41, 5.74) is 3.72. The van der Waals surface area contributed by atoms with Crippen LogP contribution in [0.3, 0.4) is 0 Å². The summed E-state index contributed by atoms with van der Waals surface area (Å²) >= 11 is 0. The third-order valence-corrected chi connectivity index (χ3v) is 9.85. The van der Waals surface area contributed by atoms with E-state index in [1.165, 1.54) is 11.1 Å². The highest BCUT2D eigenvalue weighted by atomic mass is 28.4. The summed E-state index contributed by atoms with van der Waals surface area (Å²) in [5, 5.41) is 0.174. The minimum absolute atomic E-state index is 0.153. The Morgan fingerprint density at radius 1 is 1.00 bits per heavy atom. The molecule has 0 spiro atoms. The Morgan fingerprint density at radius 2 is 1.62 bits per heavy atom. The molecule has 3 nitrogen and oxygen atoms in total. The molecular formula is C25H40O3Si. The SMILES string of the molecule is CC(C)=CCC/C(C)=C/COC(=O)CCc1ccc(O[Si](C)(C)C(C)(C)C)cc1. The second kappa shape index (κ2) is 11.4. The molecule has 0 atom stereocenters. The van der Waals surface area contributed by atoms with Crippen molar-refractivity contribution in [3.05, 3.63) is 53.1 Å². The van der Waals surface area contributed by atoms with Crippen molar-refractivity contribution in [3.63, 3.8) is 0 Å². The molecule has 29 heavy (non-hydrogen) atoms. The van der Waals surface area contributed by atoms with Crippen molar-refractivity contribution in [1.29, 1.82) is 0 Å². The Morgan fingerprint density at radius 3 is 2.17 bits per heavy atom. The molecular weight excluding hydrogens is 376 g/mol. The van der Waals surface area contributed by atoms with Gasteiger partial charge in [0, 0.05) is 6.42 Å². The Kier molecular flexibility index (Phi) is 9.91. The normalized spacial score (nSPS) is 12.5. The molecule has 162 valence electrons. The van der Waals surface area contributed by atoms with Gasteiger partial charge in [-0.2, -0.15) is 0 Å². The molecule has 0 fully saturated rings. The van der Waals surface area contributed by atoms with Gasteiger partial charge >= 0.3 is 5.97 Å². The smallest absolute Gasteiger partial charge is 0.306 e. The van der Waals surface area contributed by atoms with E-state index in [9.17, 15) is 4.79 Å². The highest BCUT2D eigenvalue weighted by Crippen LogP contribution is 2.37. The van der Waals surface area contributed by atoms with Crippen molar-refractivity contribution in [3.8, 4) is 5.75 Å². The van der Waals surface area contributed by atoms with Crippen LogP contribution in [0.4, 0.5) is 0 Å². The molecule has 1 aromatic rings. The first kappa shape index (κ1) is 25.2. The number of hydrogen-bond donors (Lipinski definition) is 0. The first-order valence-electron chi connectivity index (χ1n) is 10.6. The topological polar surface area (TPSA) is 35.5 Å². The van der Waals surface area contributed by atoms with E-state index >= 15 is 0 Å². The lowest BCUT2D eigenvalue weighted by Crippen LogP contribution is -2.43. The number of benzene rings is 1. The zero-order valence-corrected chi connectivity index (χ0v) is 20.7. The predicted octanol–water partition coefficient (Wildman–Crippen LogP) is 7.24. The Balaban J connectivity index is 2.40. The van der Waals surface area contributed by atoms with Crippen molar-refractivity contribution in [2.24, 2.45) is 0 Å². The van der Waals surface area contributed by atoms with Gasteiger partial charge in [-0.3, -0.25) is 4.79 Å². The van der Waals surface area contributed by atoms with Gasteiger partial charge in [-0.1, -0.05) is 50.1 Å². The van der Waals surface area contributed by atoms with Crippen LogP contribution >= 0.6 is 0 Å². The average molecular weight is 417 g/mol. The van der Waals surface area contributed by atoms with E-state index < -0.39 is 8.32 Å². The fraction of sp³-hybridized carbons (Fsp3) is 0.560. The van der Waals surface area contributed by atoms with Gasteiger partial charge in [0.15, 0.2) is 0 Å². The van der Waals surface area contributed by atoms with Crippen LogP contribution in [0.15, 0.2) is 47.6 Å². The average Bonchev–Trinajstić information content (AvgIpc) is 2.59. The van der Waals surface area contributed by atoms with Gasteiger partial charge in [-0.15, -0.1) is 0 Å². The fourth-order valence-corrected chi connectivity index (χ4v) is 3.49. The summed E-state index contributed by atoms with van der Waals surface area (Å²) in [7, 11) is -1.82. The molecule has 0 aromatic heterocycles. The minimum Gasteiger partial charge on any atom is -0.544 e. The molecule has 0 aliphatic heterocycles. The van der Waals surface area contributed by atoms with Crippen LogP contribution in [0.25, 0.3) is 0 Å². The fourth-order valence-electron chi connectivity index (χ4n) is 2.46. The molecule has 0 amide bonds. The van der Waals surface area contributed by atoms with Crippen molar-refractivity contribution in [2.45, 2.75) is 85.4 Å². The number of carbonyl (C=O) groups is 1. The quantitative estimate of drug-likeness (QED) is 0.229. The monoisotopic (exact) mass is 416 g/mol.